The van der Waals surface area contributed by atoms with Crippen molar-refractivity contribution in [2.75, 3.05) is 17.7 Å². The van der Waals surface area contributed by atoms with Crippen LogP contribution in [0.25, 0.3) is 0 Å². The zero-order valence-corrected chi connectivity index (χ0v) is 8.40. The van der Waals surface area contributed by atoms with Gasteiger partial charge in [0.2, 0.25) is 0 Å². The fourth-order valence-electron chi connectivity index (χ4n) is 1.24. The number of nitrogens with two attached hydrogens (primary N) is 1. The first-order valence-electron chi connectivity index (χ1n) is 4.82. The number of nitrogens with one attached hydrogen (secondary N) is 1. The molecular formula is C10H17N3O. The molecule has 0 fully saturated rings. The molecule has 4 nitrogen and oxygen atoms in total. The van der Waals surface area contributed by atoms with Crippen molar-refractivity contribution in [3.05, 3.63) is 18.3 Å². The van der Waals surface area contributed by atoms with Crippen LogP contribution in [-0.2, 0) is 0 Å². The van der Waals surface area contributed by atoms with Crippen molar-refractivity contribution in [3.63, 3.8) is 0 Å². The van der Waals surface area contributed by atoms with Crippen LogP contribution in [0.1, 0.15) is 19.8 Å². The van der Waals surface area contributed by atoms with Crippen LogP contribution < -0.4 is 11.1 Å². The number of aromatic nitrogens is 1. The second-order valence-electron chi connectivity index (χ2n) is 3.35. The van der Waals surface area contributed by atoms with Crippen molar-refractivity contribution in [1.29, 1.82) is 0 Å². The smallest absolute Gasteiger partial charge is 0.149 e. The number of anilines is 2. The maximum absolute atomic E-state index is 8.67. The van der Waals surface area contributed by atoms with Crippen molar-refractivity contribution < 1.29 is 5.11 Å². The first-order chi connectivity index (χ1) is 6.74. The molecule has 0 amide bonds. The summed E-state index contributed by atoms with van der Waals surface area (Å²) in [6.45, 7) is 2.27. The molecule has 0 aromatic carbocycles. The van der Waals surface area contributed by atoms with Crippen LogP contribution in [0, 0.1) is 0 Å². The summed E-state index contributed by atoms with van der Waals surface area (Å²) in [6.07, 6.45) is 3.41. The zero-order chi connectivity index (χ0) is 10.4. The van der Waals surface area contributed by atoms with Crippen LogP contribution in [0.4, 0.5) is 11.5 Å². The molecule has 0 spiro atoms. The number of hydrogen-bond donors (Lipinski definition) is 3. The number of nitrogens with zero attached hydrogens (tertiary/aromatic N) is 1. The molecule has 0 bridgehead atoms. The molecule has 78 valence electrons. The Morgan fingerprint density at radius 2 is 2.43 bits per heavy atom. The van der Waals surface area contributed by atoms with Crippen LogP contribution in [0.15, 0.2) is 18.3 Å². The quantitative estimate of drug-likeness (QED) is 0.661. The molecule has 0 saturated carbocycles. The first-order valence-corrected chi connectivity index (χ1v) is 4.82. The number of pyridine rings is 1. The molecule has 1 rings (SSSR count). The third-order valence-corrected chi connectivity index (χ3v) is 2.02. The van der Waals surface area contributed by atoms with Crippen LogP contribution >= 0.6 is 0 Å². The molecular weight excluding hydrogens is 178 g/mol. The lowest BCUT2D eigenvalue weighted by atomic mass is 10.2. The third kappa shape index (κ3) is 3.22. The molecule has 0 aliphatic rings. The largest absolute Gasteiger partial charge is 0.396 e. The average molecular weight is 195 g/mol. The van der Waals surface area contributed by atoms with Crippen LogP contribution in [0.2, 0.25) is 0 Å². The van der Waals surface area contributed by atoms with E-state index in [2.05, 4.69) is 10.3 Å². The first kappa shape index (κ1) is 10.8. The van der Waals surface area contributed by atoms with Crippen LogP contribution in [0.3, 0.4) is 0 Å². The maximum Gasteiger partial charge on any atom is 0.149 e. The third-order valence-electron chi connectivity index (χ3n) is 2.02. The Hall–Kier alpha value is -1.29. The second-order valence-corrected chi connectivity index (χ2v) is 3.35. The second kappa shape index (κ2) is 5.44. The van der Waals surface area contributed by atoms with Crippen molar-refractivity contribution in [3.8, 4) is 0 Å². The minimum absolute atomic E-state index is 0.226. The highest BCUT2D eigenvalue weighted by molar-refractivity contribution is 5.60. The Labute approximate surface area is 84.2 Å². The zero-order valence-electron chi connectivity index (χ0n) is 8.40. The van der Waals surface area contributed by atoms with Gasteiger partial charge in [0.25, 0.3) is 0 Å². The van der Waals surface area contributed by atoms with Gasteiger partial charge in [0.1, 0.15) is 5.82 Å². The fraction of sp³-hybridized carbons (Fsp3) is 0.500. The predicted molar refractivity (Wildman–Crippen MR) is 58.1 cm³/mol. The molecule has 4 N–H and O–H groups in total. The molecule has 1 unspecified atom stereocenters. The summed E-state index contributed by atoms with van der Waals surface area (Å²) < 4.78 is 0. The molecule has 0 aliphatic heterocycles. The minimum Gasteiger partial charge on any atom is -0.396 e. The van der Waals surface area contributed by atoms with E-state index < -0.39 is 0 Å². The summed E-state index contributed by atoms with van der Waals surface area (Å²) in [5.41, 5.74) is 6.38. The highest BCUT2D eigenvalue weighted by Crippen LogP contribution is 2.15. The molecule has 1 atom stereocenters. The van der Waals surface area contributed by atoms with Crippen molar-refractivity contribution >= 4 is 11.5 Å². The Balaban J connectivity index is 2.47. The summed E-state index contributed by atoms with van der Waals surface area (Å²) in [7, 11) is 0. The van der Waals surface area contributed by atoms with Crippen molar-refractivity contribution in [2.24, 2.45) is 0 Å². The number of nitrogen functional groups attached to an aromatic ring is 1. The normalized spacial score (nSPS) is 12.4. The summed E-state index contributed by atoms with van der Waals surface area (Å²) in [6, 6.07) is 3.90. The van der Waals surface area contributed by atoms with E-state index in [1.165, 1.54) is 0 Å². The number of aliphatic hydroxyl groups is 1. The van der Waals surface area contributed by atoms with E-state index in [0.29, 0.717) is 5.69 Å². The predicted octanol–water partition coefficient (Wildman–Crippen LogP) is 1.24. The molecule has 1 heterocycles. The van der Waals surface area contributed by atoms with E-state index in [9.17, 15) is 0 Å². The molecule has 1 aromatic heterocycles. The molecule has 1 aromatic rings. The van der Waals surface area contributed by atoms with E-state index in [4.69, 9.17) is 10.8 Å². The van der Waals surface area contributed by atoms with Crippen molar-refractivity contribution in [2.45, 2.75) is 25.8 Å². The average Bonchev–Trinajstić information content (AvgIpc) is 2.18. The highest BCUT2D eigenvalue weighted by Gasteiger charge is 2.04. The molecule has 4 heteroatoms. The SMILES string of the molecule is CC(CCCO)Nc1ncccc1N. The van der Waals surface area contributed by atoms with Gasteiger partial charge in [-0.1, -0.05) is 0 Å². The summed E-state index contributed by atoms with van der Waals surface area (Å²) in [4.78, 5) is 4.13. The van der Waals surface area contributed by atoms with Gasteiger partial charge in [-0.25, -0.2) is 4.98 Å². The summed E-state index contributed by atoms with van der Waals surface area (Å²) in [5, 5.41) is 11.9. The number of aliphatic hydroxyl groups excluding tert-OH is 1. The lowest BCUT2D eigenvalue weighted by Crippen LogP contribution is -2.17. The van der Waals surface area contributed by atoms with Crippen LogP contribution in [-0.4, -0.2) is 22.7 Å². The Morgan fingerprint density at radius 3 is 3.07 bits per heavy atom. The molecule has 0 radical (unpaired) electrons. The monoisotopic (exact) mass is 195 g/mol. The Bertz CT molecular complexity index is 278. The van der Waals surface area contributed by atoms with E-state index in [1.54, 1.807) is 12.3 Å². The lowest BCUT2D eigenvalue weighted by molar-refractivity contribution is 0.282. The van der Waals surface area contributed by atoms with E-state index in [0.717, 1.165) is 18.7 Å². The highest BCUT2D eigenvalue weighted by atomic mass is 16.2. The number of hydrogen-bond acceptors (Lipinski definition) is 4. The summed E-state index contributed by atoms with van der Waals surface area (Å²) in [5.74, 6) is 0.720. The number of rotatable bonds is 5. The minimum atomic E-state index is 0.226. The molecule has 0 saturated heterocycles. The fourth-order valence-corrected chi connectivity index (χ4v) is 1.24. The van der Waals surface area contributed by atoms with E-state index in [-0.39, 0.29) is 12.6 Å². The maximum atomic E-state index is 8.67. The Kier molecular flexibility index (Phi) is 4.19. The van der Waals surface area contributed by atoms with Gasteiger partial charge in [-0.2, -0.15) is 0 Å². The molecule has 14 heavy (non-hydrogen) atoms. The van der Waals surface area contributed by atoms with Gasteiger partial charge in [0.15, 0.2) is 0 Å². The topological polar surface area (TPSA) is 71.2 Å². The van der Waals surface area contributed by atoms with Crippen LogP contribution in [0.5, 0.6) is 0 Å². The molecule has 0 aliphatic carbocycles. The van der Waals surface area contributed by atoms with Gasteiger partial charge >= 0.3 is 0 Å². The van der Waals surface area contributed by atoms with Gasteiger partial charge < -0.3 is 16.2 Å². The lowest BCUT2D eigenvalue weighted by Gasteiger charge is -2.14. The van der Waals surface area contributed by atoms with Crippen molar-refractivity contribution in [1.82, 2.24) is 4.98 Å². The van der Waals surface area contributed by atoms with Gasteiger partial charge in [0, 0.05) is 18.8 Å². The van der Waals surface area contributed by atoms with Gasteiger partial charge in [0.05, 0.1) is 5.69 Å². The van der Waals surface area contributed by atoms with E-state index >= 15 is 0 Å². The van der Waals surface area contributed by atoms with Gasteiger partial charge in [-0.05, 0) is 31.9 Å². The van der Waals surface area contributed by atoms with Gasteiger partial charge in [-0.3, -0.25) is 0 Å². The Morgan fingerprint density at radius 1 is 1.64 bits per heavy atom. The van der Waals surface area contributed by atoms with E-state index in [1.807, 2.05) is 13.0 Å². The standard InChI is InChI=1S/C10H17N3O/c1-8(4-3-7-14)13-10-9(11)5-2-6-12-10/h2,5-6,8,14H,3-4,7,11H2,1H3,(H,12,13). The summed E-state index contributed by atoms with van der Waals surface area (Å²) >= 11 is 0. The van der Waals surface area contributed by atoms with Gasteiger partial charge in [-0.15, -0.1) is 0 Å².